The third kappa shape index (κ3) is 6.33. The standard InChI is InChI=1S/C23H36O4S/c1-21(2,18-13-16(26-7)10-11-19(18)24)12-8-9-20(25)27-17-14-22(3,4)28-23(5,6)15-17/h10-11,13,17,24H,8-9,12,14-15H2,1-7H3. The van der Waals surface area contributed by atoms with E-state index >= 15 is 0 Å². The zero-order chi connectivity index (χ0) is 21.2. The first-order valence-electron chi connectivity index (χ1n) is 10.1. The number of hydrogen-bond acceptors (Lipinski definition) is 5. The van der Waals surface area contributed by atoms with Crippen molar-refractivity contribution >= 4 is 17.7 Å². The molecule has 0 aliphatic carbocycles. The SMILES string of the molecule is COc1ccc(O)c(C(C)(C)CCCC(=O)OC2CC(C)(C)SC(C)(C)C2)c1. The first kappa shape index (κ1) is 22.9. The number of ether oxygens (including phenoxy) is 2. The van der Waals surface area contributed by atoms with Gasteiger partial charge in [0.05, 0.1) is 7.11 Å². The van der Waals surface area contributed by atoms with Gasteiger partial charge in [0.25, 0.3) is 0 Å². The molecular weight excluding hydrogens is 372 g/mol. The number of carbonyl (C=O) groups excluding carboxylic acids is 1. The average molecular weight is 409 g/mol. The zero-order valence-corrected chi connectivity index (χ0v) is 19.2. The Morgan fingerprint density at radius 3 is 2.39 bits per heavy atom. The lowest BCUT2D eigenvalue weighted by molar-refractivity contribution is -0.150. The number of thioether (sulfide) groups is 1. The Hall–Kier alpha value is -1.36. The van der Waals surface area contributed by atoms with Crippen LogP contribution in [0.2, 0.25) is 0 Å². The second kappa shape index (κ2) is 8.56. The smallest absolute Gasteiger partial charge is 0.306 e. The molecule has 1 fully saturated rings. The Morgan fingerprint density at radius 1 is 1.21 bits per heavy atom. The van der Waals surface area contributed by atoms with Crippen LogP contribution in [0.15, 0.2) is 18.2 Å². The number of phenols is 1. The summed E-state index contributed by atoms with van der Waals surface area (Å²) in [5.74, 6) is 0.868. The molecule has 0 bridgehead atoms. The number of aromatic hydroxyl groups is 1. The van der Waals surface area contributed by atoms with Crippen molar-refractivity contribution in [2.45, 2.75) is 94.7 Å². The number of benzene rings is 1. The summed E-state index contributed by atoms with van der Waals surface area (Å²) in [5, 5.41) is 10.2. The highest BCUT2D eigenvalue weighted by Gasteiger charge is 2.40. The lowest BCUT2D eigenvalue weighted by Gasteiger charge is -2.43. The maximum atomic E-state index is 12.4. The summed E-state index contributed by atoms with van der Waals surface area (Å²) < 4.78 is 11.3. The van der Waals surface area contributed by atoms with Gasteiger partial charge in [-0.1, -0.05) is 41.5 Å². The fourth-order valence-electron chi connectivity index (χ4n) is 4.32. The predicted octanol–water partition coefficient (Wildman–Crippen LogP) is 5.84. The van der Waals surface area contributed by atoms with E-state index < -0.39 is 0 Å². The number of carbonyl (C=O) groups is 1. The molecule has 1 aromatic rings. The molecule has 1 N–H and O–H groups in total. The van der Waals surface area contributed by atoms with Crippen molar-refractivity contribution in [2.24, 2.45) is 0 Å². The van der Waals surface area contributed by atoms with Gasteiger partial charge in [-0.15, -0.1) is 11.8 Å². The second-order valence-electron chi connectivity index (χ2n) is 9.76. The number of rotatable bonds is 7. The molecule has 1 aliphatic rings. The van der Waals surface area contributed by atoms with E-state index in [1.54, 1.807) is 19.2 Å². The van der Waals surface area contributed by atoms with Gasteiger partial charge < -0.3 is 14.6 Å². The summed E-state index contributed by atoms with van der Waals surface area (Å²) >= 11 is 1.97. The highest BCUT2D eigenvalue weighted by atomic mass is 32.2. The van der Waals surface area contributed by atoms with Gasteiger partial charge in [-0.25, -0.2) is 0 Å². The van der Waals surface area contributed by atoms with Crippen LogP contribution in [-0.2, 0) is 14.9 Å². The largest absolute Gasteiger partial charge is 0.508 e. The van der Waals surface area contributed by atoms with Gasteiger partial charge in [0.15, 0.2) is 0 Å². The van der Waals surface area contributed by atoms with Crippen molar-refractivity contribution in [3.8, 4) is 11.5 Å². The maximum absolute atomic E-state index is 12.4. The van der Waals surface area contributed by atoms with Crippen molar-refractivity contribution < 1.29 is 19.4 Å². The van der Waals surface area contributed by atoms with Crippen LogP contribution >= 0.6 is 11.8 Å². The molecule has 0 radical (unpaired) electrons. The third-order valence-corrected chi connectivity index (χ3v) is 6.84. The Bertz CT molecular complexity index is 678. The molecule has 0 unspecified atom stereocenters. The minimum atomic E-state index is -0.260. The van der Waals surface area contributed by atoms with Crippen LogP contribution in [0.1, 0.15) is 79.2 Å². The van der Waals surface area contributed by atoms with Crippen molar-refractivity contribution in [3.05, 3.63) is 23.8 Å². The summed E-state index contributed by atoms with van der Waals surface area (Å²) in [7, 11) is 1.62. The Balaban J connectivity index is 1.89. The summed E-state index contributed by atoms with van der Waals surface area (Å²) in [4.78, 5) is 12.4. The van der Waals surface area contributed by atoms with Gasteiger partial charge in [-0.05, 0) is 49.3 Å². The molecule has 0 saturated carbocycles. The fraction of sp³-hybridized carbons (Fsp3) is 0.696. The van der Waals surface area contributed by atoms with Gasteiger partial charge in [-0.2, -0.15) is 0 Å². The number of esters is 1. The summed E-state index contributed by atoms with van der Waals surface area (Å²) in [6.07, 6.45) is 3.69. The molecule has 1 aliphatic heterocycles. The van der Waals surface area contributed by atoms with E-state index in [0.29, 0.717) is 6.42 Å². The lowest BCUT2D eigenvalue weighted by Crippen LogP contribution is -2.41. The van der Waals surface area contributed by atoms with E-state index in [1.165, 1.54) is 0 Å². The number of phenolic OH excluding ortho intramolecular Hbond substituents is 1. The molecule has 1 aromatic carbocycles. The minimum Gasteiger partial charge on any atom is -0.508 e. The van der Waals surface area contributed by atoms with Gasteiger partial charge in [0.2, 0.25) is 0 Å². The van der Waals surface area contributed by atoms with Gasteiger partial charge in [0, 0.05) is 21.5 Å². The molecule has 28 heavy (non-hydrogen) atoms. The summed E-state index contributed by atoms with van der Waals surface area (Å²) in [6, 6.07) is 5.28. The van der Waals surface area contributed by atoms with E-state index in [4.69, 9.17) is 9.47 Å². The zero-order valence-electron chi connectivity index (χ0n) is 18.4. The fourth-order valence-corrected chi connectivity index (χ4v) is 6.36. The Labute approximate surface area is 174 Å². The third-order valence-electron chi connectivity index (χ3n) is 5.40. The molecule has 1 heterocycles. The average Bonchev–Trinajstić information content (AvgIpc) is 2.51. The first-order chi connectivity index (χ1) is 12.8. The van der Waals surface area contributed by atoms with Gasteiger partial charge in [0.1, 0.15) is 17.6 Å². The second-order valence-corrected chi connectivity index (χ2v) is 12.2. The molecule has 0 atom stereocenters. The number of hydrogen-bond donors (Lipinski definition) is 1. The van der Waals surface area contributed by atoms with E-state index in [0.717, 1.165) is 37.0 Å². The van der Waals surface area contributed by atoms with E-state index in [-0.39, 0.29) is 32.7 Å². The molecular formula is C23H36O4S. The molecule has 1 saturated heterocycles. The van der Waals surface area contributed by atoms with Crippen molar-refractivity contribution in [3.63, 3.8) is 0 Å². The van der Waals surface area contributed by atoms with Crippen molar-refractivity contribution in [1.82, 2.24) is 0 Å². The quantitative estimate of drug-likeness (QED) is 0.574. The number of methoxy groups -OCH3 is 1. The Kier molecular flexibility index (Phi) is 7.01. The van der Waals surface area contributed by atoms with Crippen LogP contribution in [-0.4, -0.2) is 33.8 Å². The van der Waals surface area contributed by atoms with E-state index in [2.05, 4.69) is 41.5 Å². The van der Waals surface area contributed by atoms with Crippen LogP contribution in [0, 0.1) is 0 Å². The van der Waals surface area contributed by atoms with Gasteiger partial charge in [-0.3, -0.25) is 4.79 Å². The summed E-state index contributed by atoms with van der Waals surface area (Å²) in [5.41, 5.74) is 0.581. The maximum Gasteiger partial charge on any atom is 0.306 e. The molecule has 2 rings (SSSR count). The lowest BCUT2D eigenvalue weighted by atomic mass is 9.79. The van der Waals surface area contributed by atoms with Crippen LogP contribution < -0.4 is 4.74 Å². The first-order valence-corrected chi connectivity index (χ1v) is 10.9. The van der Waals surface area contributed by atoms with E-state index in [1.807, 2.05) is 17.8 Å². The molecule has 4 nitrogen and oxygen atoms in total. The molecule has 0 aromatic heterocycles. The topological polar surface area (TPSA) is 55.8 Å². The van der Waals surface area contributed by atoms with Crippen LogP contribution in [0.4, 0.5) is 0 Å². The van der Waals surface area contributed by atoms with E-state index in [9.17, 15) is 9.90 Å². The van der Waals surface area contributed by atoms with Crippen molar-refractivity contribution in [2.75, 3.05) is 7.11 Å². The molecule has 158 valence electrons. The monoisotopic (exact) mass is 408 g/mol. The Morgan fingerprint density at radius 2 is 1.82 bits per heavy atom. The molecule has 5 heteroatoms. The highest BCUT2D eigenvalue weighted by molar-refractivity contribution is 8.01. The normalized spacial score (nSPS) is 19.2. The predicted molar refractivity (Wildman–Crippen MR) is 116 cm³/mol. The van der Waals surface area contributed by atoms with Crippen LogP contribution in [0.3, 0.4) is 0 Å². The molecule has 0 spiro atoms. The molecule has 0 amide bonds. The summed E-state index contributed by atoms with van der Waals surface area (Å²) in [6.45, 7) is 13.1. The highest BCUT2D eigenvalue weighted by Crippen LogP contribution is 2.48. The minimum absolute atomic E-state index is 0.00538. The van der Waals surface area contributed by atoms with Gasteiger partial charge >= 0.3 is 5.97 Å². The van der Waals surface area contributed by atoms with Crippen LogP contribution in [0.25, 0.3) is 0 Å². The van der Waals surface area contributed by atoms with Crippen LogP contribution in [0.5, 0.6) is 11.5 Å². The van der Waals surface area contributed by atoms with Crippen molar-refractivity contribution in [1.29, 1.82) is 0 Å².